The van der Waals surface area contributed by atoms with E-state index in [2.05, 4.69) is 11.8 Å². The van der Waals surface area contributed by atoms with Crippen LogP contribution in [0.25, 0.3) is 0 Å². The summed E-state index contributed by atoms with van der Waals surface area (Å²) in [7, 11) is 0. The van der Waals surface area contributed by atoms with Gasteiger partial charge in [-0.15, -0.1) is 0 Å². The summed E-state index contributed by atoms with van der Waals surface area (Å²) in [5, 5.41) is 19.0. The molecule has 0 saturated carbocycles. The van der Waals surface area contributed by atoms with E-state index in [0.29, 0.717) is 5.56 Å². The molecule has 1 aromatic carbocycles. The third-order valence-corrected chi connectivity index (χ3v) is 1.83. The average molecular weight is 200 g/mol. The van der Waals surface area contributed by atoms with Gasteiger partial charge in [0, 0.05) is 6.07 Å². The highest BCUT2D eigenvalue weighted by atomic mass is 16.6. The zero-order valence-corrected chi connectivity index (χ0v) is 8.15. The maximum absolute atomic E-state index is 10.7. The molecule has 0 saturated heterocycles. The fraction of sp³-hybridized carbons (Fsp3) is 0.182. The SMILES string of the molecule is Cc1cccc([N+](=O)[O-])c1C#CCC#N. The van der Waals surface area contributed by atoms with Crippen molar-refractivity contribution in [3.05, 3.63) is 39.4 Å². The molecular formula is C11H8N2O2. The number of nitro benzene ring substituents is 1. The highest BCUT2D eigenvalue weighted by Crippen LogP contribution is 2.20. The monoisotopic (exact) mass is 200 g/mol. The van der Waals surface area contributed by atoms with Gasteiger partial charge in [0.05, 0.1) is 17.4 Å². The molecule has 0 amide bonds. The van der Waals surface area contributed by atoms with Gasteiger partial charge in [-0.05, 0) is 12.5 Å². The van der Waals surface area contributed by atoms with E-state index in [4.69, 9.17) is 5.26 Å². The van der Waals surface area contributed by atoms with Gasteiger partial charge in [0.2, 0.25) is 0 Å². The summed E-state index contributed by atoms with van der Waals surface area (Å²) in [5.41, 5.74) is 1.12. The molecule has 4 heteroatoms. The summed E-state index contributed by atoms with van der Waals surface area (Å²) < 4.78 is 0. The Kier molecular flexibility index (Phi) is 3.43. The topological polar surface area (TPSA) is 66.9 Å². The van der Waals surface area contributed by atoms with Crippen LogP contribution in [0, 0.1) is 40.2 Å². The largest absolute Gasteiger partial charge is 0.285 e. The van der Waals surface area contributed by atoms with E-state index in [0.717, 1.165) is 5.56 Å². The van der Waals surface area contributed by atoms with Crippen LogP contribution in [0.15, 0.2) is 18.2 Å². The number of hydrogen-bond donors (Lipinski definition) is 0. The lowest BCUT2D eigenvalue weighted by Crippen LogP contribution is -1.94. The molecule has 0 atom stereocenters. The van der Waals surface area contributed by atoms with Crippen molar-refractivity contribution in [2.24, 2.45) is 0 Å². The molecule has 0 aromatic heterocycles. The maximum Gasteiger partial charge on any atom is 0.285 e. The van der Waals surface area contributed by atoms with E-state index in [-0.39, 0.29) is 12.1 Å². The summed E-state index contributed by atoms with van der Waals surface area (Å²) in [6, 6.07) is 6.64. The smallest absolute Gasteiger partial charge is 0.258 e. The van der Waals surface area contributed by atoms with Crippen LogP contribution in [0.5, 0.6) is 0 Å². The number of rotatable bonds is 1. The van der Waals surface area contributed by atoms with Crippen LogP contribution in [-0.2, 0) is 0 Å². The lowest BCUT2D eigenvalue weighted by Gasteiger charge is -1.98. The molecule has 0 unspecified atom stereocenters. The molecular weight excluding hydrogens is 192 g/mol. The second kappa shape index (κ2) is 4.78. The minimum atomic E-state index is -0.469. The van der Waals surface area contributed by atoms with Crippen molar-refractivity contribution < 1.29 is 4.92 Å². The Morgan fingerprint density at radius 3 is 2.87 bits per heavy atom. The second-order valence-corrected chi connectivity index (χ2v) is 2.86. The van der Waals surface area contributed by atoms with E-state index in [1.165, 1.54) is 6.07 Å². The third kappa shape index (κ3) is 2.55. The molecule has 15 heavy (non-hydrogen) atoms. The molecule has 0 aliphatic carbocycles. The summed E-state index contributed by atoms with van der Waals surface area (Å²) >= 11 is 0. The lowest BCUT2D eigenvalue weighted by atomic mass is 10.1. The predicted molar refractivity (Wildman–Crippen MR) is 54.9 cm³/mol. The van der Waals surface area contributed by atoms with E-state index in [1.807, 2.05) is 6.07 Å². The van der Waals surface area contributed by atoms with Gasteiger partial charge in [0.15, 0.2) is 0 Å². The number of hydrogen-bond acceptors (Lipinski definition) is 3. The van der Waals surface area contributed by atoms with Crippen LogP contribution < -0.4 is 0 Å². The summed E-state index contributed by atoms with van der Waals surface area (Å²) in [4.78, 5) is 10.2. The predicted octanol–water partition coefficient (Wildman–Crippen LogP) is 2.17. The Bertz CT molecular complexity index is 490. The first-order chi connectivity index (χ1) is 7.16. The van der Waals surface area contributed by atoms with Crippen molar-refractivity contribution in [3.8, 4) is 17.9 Å². The Hall–Kier alpha value is -2.33. The van der Waals surface area contributed by atoms with Gasteiger partial charge in [0.1, 0.15) is 5.56 Å². The first-order valence-electron chi connectivity index (χ1n) is 4.26. The van der Waals surface area contributed by atoms with E-state index in [1.54, 1.807) is 19.1 Å². The third-order valence-electron chi connectivity index (χ3n) is 1.83. The van der Waals surface area contributed by atoms with Crippen LogP contribution in [0.1, 0.15) is 17.5 Å². The van der Waals surface area contributed by atoms with Crippen LogP contribution in [0.4, 0.5) is 5.69 Å². The molecule has 0 bridgehead atoms. The highest BCUT2D eigenvalue weighted by Gasteiger charge is 2.12. The molecule has 0 aliphatic heterocycles. The quantitative estimate of drug-likeness (QED) is 0.396. The average Bonchev–Trinajstić information content (AvgIpc) is 2.20. The number of benzene rings is 1. The minimum Gasteiger partial charge on any atom is -0.258 e. The van der Waals surface area contributed by atoms with E-state index in [9.17, 15) is 10.1 Å². The Morgan fingerprint density at radius 2 is 2.27 bits per heavy atom. The van der Waals surface area contributed by atoms with Crippen LogP contribution in [-0.4, -0.2) is 4.92 Å². The zero-order valence-electron chi connectivity index (χ0n) is 8.15. The second-order valence-electron chi connectivity index (χ2n) is 2.86. The minimum absolute atomic E-state index is 0.0135. The van der Waals surface area contributed by atoms with Crippen molar-refractivity contribution in [1.82, 2.24) is 0 Å². The summed E-state index contributed by atoms with van der Waals surface area (Å²) in [6.07, 6.45) is 0.0749. The van der Waals surface area contributed by atoms with Crippen molar-refractivity contribution in [1.29, 1.82) is 5.26 Å². The molecule has 0 fully saturated rings. The maximum atomic E-state index is 10.7. The molecule has 1 rings (SSSR count). The lowest BCUT2D eigenvalue weighted by molar-refractivity contribution is -0.385. The molecule has 1 aromatic rings. The Morgan fingerprint density at radius 1 is 1.53 bits per heavy atom. The van der Waals surface area contributed by atoms with Gasteiger partial charge >= 0.3 is 0 Å². The summed E-state index contributed by atoms with van der Waals surface area (Å²) in [5.74, 6) is 5.22. The van der Waals surface area contributed by atoms with Crippen molar-refractivity contribution in [2.75, 3.05) is 0 Å². The number of nitriles is 1. The first-order valence-corrected chi connectivity index (χ1v) is 4.26. The zero-order chi connectivity index (χ0) is 11.3. The molecule has 0 N–H and O–H groups in total. The molecule has 4 nitrogen and oxygen atoms in total. The Labute approximate surface area is 87.3 Å². The van der Waals surface area contributed by atoms with Gasteiger partial charge in [-0.3, -0.25) is 10.1 Å². The van der Waals surface area contributed by atoms with Crippen LogP contribution in [0.3, 0.4) is 0 Å². The molecule has 0 spiro atoms. The highest BCUT2D eigenvalue weighted by molar-refractivity contribution is 5.55. The normalized spacial score (nSPS) is 8.53. The van der Waals surface area contributed by atoms with E-state index >= 15 is 0 Å². The van der Waals surface area contributed by atoms with E-state index < -0.39 is 4.92 Å². The van der Waals surface area contributed by atoms with Crippen LogP contribution in [0.2, 0.25) is 0 Å². The van der Waals surface area contributed by atoms with Gasteiger partial charge < -0.3 is 0 Å². The Balaban J connectivity index is 3.22. The van der Waals surface area contributed by atoms with Gasteiger partial charge in [-0.2, -0.15) is 5.26 Å². The summed E-state index contributed by atoms with van der Waals surface area (Å²) in [6.45, 7) is 1.75. The van der Waals surface area contributed by atoms with Crippen molar-refractivity contribution >= 4 is 5.69 Å². The van der Waals surface area contributed by atoms with Crippen molar-refractivity contribution in [2.45, 2.75) is 13.3 Å². The van der Waals surface area contributed by atoms with Crippen LogP contribution >= 0.6 is 0 Å². The van der Waals surface area contributed by atoms with Gasteiger partial charge in [-0.1, -0.05) is 24.0 Å². The molecule has 0 radical (unpaired) electrons. The van der Waals surface area contributed by atoms with Gasteiger partial charge in [-0.25, -0.2) is 0 Å². The first kappa shape index (κ1) is 10.7. The molecule has 0 heterocycles. The molecule has 74 valence electrons. The van der Waals surface area contributed by atoms with Gasteiger partial charge in [0.25, 0.3) is 5.69 Å². The number of nitro groups is 1. The fourth-order valence-electron chi connectivity index (χ4n) is 1.14. The van der Waals surface area contributed by atoms with Crippen molar-refractivity contribution in [3.63, 3.8) is 0 Å². The fourth-order valence-corrected chi connectivity index (χ4v) is 1.14. The number of aryl methyl sites for hydroxylation is 1. The number of nitrogens with zero attached hydrogens (tertiary/aromatic N) is 2. The molecule has 0 aliphatic rings. The standard InChI is InChI=1S/C11H8N2O2/c1-9-5-4-7-11(13(14)15)10(9)6-2-3-8-12/h4-5,7H,3H2,1H3.